The molecule has 0 unspecified atom stereocenters. The molecule has 0 radical (unpaired) electrons. The summed E-state index contributed by atoms with van der Waals surface area (Å²) < 4.78 is 10.5. The van der Waals surface area contributed by atoms with Crippen molar-refractivity contribution in [3.63, 3.8) is 0 Å². The number of hydrazone groups is 1. The lowest BCUT2D eigenvalue weighted by molar-refractivity contribution is -0.118. The molecule has 0 fully saturated rings. The summed E-state index contributed by atoms with van der Waals surface area (Å²) in [6.07, 6.45) is 0. The number of ether oxygens (including phenoxy) is 2. The SMILES string of the molecule is COc1ccc(/C(C)=N\NC(=O)CSc2ccccc2)cc1OC. The van der Waals surface area contributed by atoms with E-state index in [1.54, 1.807) is 20.3 Å². The summed E-state index contributed by atoms with van der Waals surface area (Å²) in [6, 6.07) is 15.3. The van der Waals surface area contributed by atoms with E-state index >= 15 is 0 Å². The topological polar surface area (TPSA) is 59.9 Å². The fourth-order valence-electron chi connectivity index (χ4n) is 1.97. The average Bonchev–Trinajstić information content (AvgIpc) is 2.64. The summed E-state index contributed by atoms with van der Waals surface area (Å²) in [5.41, 5.74) is 4.11. The third-order valence-electron chi connectivity index (χ3n) is 3.26. The molecule has 2 rings (SSSR count). The van der Waals surface area contributed by atoms with Gasteiger partial charge in [0.2, 0.25) is 5.91 Å². The quantitative estimate of drug-likeness (QED) is 0.475. The van der Waals surface area contributed by atoms with Gasteiger partial charge in [-0.2, -0.15) is 5.10 Å². The average molecular weight is 344 g/mol. The van der Waals surface area contributed by atoms with Crippen LogP contribution in [-0.2, 0) is 4.79 Å². The van der Waals surface area contributed by atoms with Crippen LogP contribution in [0.25, 0.3) is 0 Å². The van der Waals surface area contributed by atoms with Crippen molar-refractivity contribution in [1.29, 1.82) is 0 Å². The van der Waals surface area contributed by atoms with Crippen LogP contribution in [0.2, 0.25) is 0 Å². The van der Waals surface area contributed by atoms with Crippen molar-refractivity contribution in [1.82, 2.24) is 5.43 Å². The van der Waals surface area contributed by atoms with E-state index in [4.69, 9.17) is 9.47 Å². The van der Waals surface area contributed by atoms with Crippen LogP contribution in [0.15, 0.2) is 58.5 Å². The van der Waals surface area contributed by atoms with Crippen LogP contribution in [0, 0.1) is 0 Å². The highest BCUT2D eigenvalue weighted by Crippen LogP contribution is 2.27. The number of carbonyl (C=O) groups is 1. The first-order chi connectivity index (χ1) is 11.6. The summed E-state index contributed by atoms with van der Waals surface area (Å²) >= 11 is 1.47. The number of carbonyl (C=O) groups excluding carboxylic acids is 1. The van der Waals surface area contributed by atoms with E-state index in [-0.39, 0.29) is 5.91 Å². The second-order valence-electron chi connectivity index (χ2n) is 4.90. The van der Waals surface area contributed by atoms with Crippen LogP contribution < -0.4 is 14.9 Å². The standard InChI is InChI=1S/C18H20N2O3S/c1-13(14-9-10-16(22-2)17(11-14)23-3)19-20-18(21)12-24-15-7-5-4-6-8-15/h4-11H,12H2,1-3H3,(H,20,21)/b19-13-. The molecular formula is C18H20N2O3S. The van der Waals surface area contributed by atoms with Crippen molar-refractivity contribution in [3.05, 3.63) is 54.1 Å². The number of nitrogens with one attached hydrogen (secondary N) is 1. The number of thioether (sulfide) groups is 1. The van der Waals surface area contributed by atoms with Gasteiger partial charge < -0.3 is 9.47 Å². The highest BCUT2D eigenvalue weighted by Gasteiger charge is 2.07. The summed E-state index contributed by atoms with van der Waals surface area (Å²) in [4.78, 5) is 12.9. The van der Waals surface area contributed by atoms with E-state index in [2.05, 4.69) is 10.5 Å². The Labute approximate surface area is 146 Å². The molecule has 1 N–H and O–H groups in total. The Bertz CT molecular complexity index is 717. The molecule has 0 saturated heterocycles. The molecule has 5 nitrogen and oxygen atoms in total. The van der Waals surface area contributed by atoms with E-state index in [9.17, 15) is 4.79 Å². The smallest absolute Gasteiger partial charge is 0.250 e. The van der Waals surface area contributed by atoms with Crippen LogP contribution in [0.3, 0.4) is 0 Å². The van der Waals surface area contributed by atoms with Crippen LogP contribution in [0.4, 0.5) is 0 Å². The third-order valence-corrected chi connectivity index (χ3v) is 4.27. The fraction of sp³-hybridized carbons (Fsp3) is 0.222. The lowest BCUT2D eigenvalue weighted by Crippen LogP contribution is -2.21. The molecule has 1 amide bonds. The summed E-state index contributed by atoms with van der Waals surface area (Å²) in [5, 5.41) is 4.14. The lowest BCUT2D eigenvalue weighted by atomic mass is 10.1. The van der Waals surface area contributed by atoms with Gasteiger partial charge in [0.25, 0.3) is 0 Å². The molecule has 0 spiro atoms. The molecule has 2 aromatic rings. The Balaban J connectivity index is 1.94. The highest BCUT2D eigenvalue weighted by atomic mass is 32.2. The van der Waals surface area contributed by atoms with Gasteiger partial charge in [-0.1, -0.05) is 18.2 Å². The van der Waals surface area contributed by atoms with E-state index < -0.39 is 0 Å². The molecule has 0 heterocycles. The van der Waals surface area contributed by atoms with Crippen molar-refractivity contribution >= 4 is 23.4 Å². The van der Waals surface area contributed by atoms with Gasteiger partial charge in [-0.05, 0) is 37.3 Å². The molecule has 0 aliphatic heterocycles. The predicted octanol–water partition coefficient (Wildman–Crippen LogP) is 3.34. The van der Waals surface area contributed by atoms with Crippen molar-refractivity contribution in [2.75, 3.05) is 20.0 Å². The Kier molecular flexibility index (Phi) is 6.69. The largest absolute Gasteiger partial charge is 0.493 e. The monoisotopic (exact) mass is 344 g/mol. The molecule has 0 aliphatic carbocycles. The zero-order chi connectivity index (χ0) is 17.4. The molecule has 0 aromatic heterocycles. The molecule has 0 saturated carbocycles. The van der Waals surface area contributed by atoms with Crippen molar-refractivity contribution in [3.8, 4) is 11.5 Å². The van der Waals surface area contributed by atoms with Gasteiger partial charge in [0.15, 0.2) is 11.5 Å². The number of benzene rings is 2. The van der Waals surface area contributed by atoms with Crippen molar-refractivity contribution in [2.45, 2.75) is 11.8 Å². The molecule has 6 heteroatoms. The Morgan fingerprint density at radius 1 is 1.08 bits per heavy atom. The van der Waals surface area contributed by atoms with Gasteiger partial charge in [-0.15, -0.1) is 11.8 Å². The maximum Gasteiger partial charge on any atom is 0.250 e. The van der Waals surface area contributed by atoms with Crippen molar-refractivity contribution < 1.29 is 14.3 Å². The molecule has 126 valence electrons. The van der Waals surface area contributed by atoms with Crippen LogP contribution in [-0.4, -0.2) is 31.6 Å². The maximum absolute atomic E-state index is 11.9. The molecule has 2 aromatic carbocycles. The minimum Gasteiger partial charge on any atom is -0.493 e. The first-order valence-electron chi connectivity index (χ1n) is 7.37. The van der Waals surface area contributed by atoms with Gasteiger partial charge in [0.05, 0.1) is 25.7 Å². The van der Waals surface area contributed by atoms with Crippen LogP contribution in [0.5, 0.6) is 11.5 Å². The van der Waals surface area contributed by atoms with Gasteiger partial charge in [-0.25, -0.2) is 5.43 Å². The Morgan fingerprint density at radius 2 is 1.79 bits per heavy atom. The molecule has 0 aliphatic rings. The van der Waals surface area contributed by atoms with E-state index in [0.29, 0.717) is 23.0 Å². The first-order valence-corrected chi connectivity index (χ1v) is 8.36. The minimum absolute atomic E-state index is 0.149. The Hall–Kier alpha value is -2.47. The van der Waals surface area contributed by atoms with E-state index in [1.807, 2.05) is 49.4 Å². The molecule has 0 bridgehead atoms. The van der Waals surface area contributed by atoms with E-state index in [0.717, 1.165) is 10.5 Å². The maximum atomic E-state index is 11.9. The zero-order valence-electron chi connectivity index (χ0n) is 13.9. The predicted molar refractivity (Wildman–Crippen MR) is 97.1 cm³/mol. The third kappa shape index (κ3) is 5.03. The number of hydrogen-bond donors (Lipinski definition) is 1. The van der Waals surface area contributed by atoms with Gasteiger partial charge in [0.1, 0.15) is 0 Å². The summed E-state index contributed by atoms with van der Waals surface area (Å²) in [5.74, 6) is 1.43. The second kappa shape index (κ2) is 8.98. The molecule has 24 heavy (non-hydrogen) atoms. The zero-order valence-corrected chi connectivity index (χ0v) is 14.7. The van der Waals surface area contributed by atoms with Crippen LogP contribution in [0.1, 0.15) is 12.5 Å². The highest BCUT2D eigenvalue weighted by molar-refractivity contribution is 8.00. The number of hydrogen-bond acceptors (Lipinski definition) is 5. The van der Waals surface area contributed by atoms with Gasteiger partial charge in [0, 0.05) is 10.5 Å². The van der Waals surface area contributed by atoms with Gasteiger partial charge in [-0.3, -0.25) is 4.79 Å². The fourth-order valence-corrected chi connectivity index (χ4v) is 2.68. The van der Waals surface area contributed by atoms with E-state index in [1.165, 1.54) is 11.8 Å². The van der Waals surface area contributed by atoms with Gasteiger partial charge >= 0.3 is 0 Å². The number of rotatable bonds is 7. The Morgan fingerprint density at radius 3 is 2.46 bits per heavy atom. The molecular weight excluding hydrogens is 324 g/mol. The lowest BCUT2D eigenvalue weighted by Gasteiger charge is -2.09. The van der Waals surface area contributed by atoms with Crippen molar-refractivity contribution in [2.24, 2.45) is 5.10 Å². The minimum atomic E-state index is -0.149. The molecule has 0 atom stereocenters. The van der Waals surface area contributed by atoms with Crippen LogP contribution >= 0.6 is 11.8 Å². The number of amides is 1. The summed E-state index contributed by atoms with van der Waals surface area (Å²) in [7, 11) is 3.17. The second-order valence-corrected chi connectivity index (χ2v) is 5.95. The summed E-state index contributed by atoms with van der Waals surface area (Å²) in [6.45, 7) is 1.83. The number of methoxy groups -OCH3 is 2. The normalized spacial score (nSPS) is 11.0. The number of nitrogens with zero attached hydrogens (tertiary/aromatic N) is 1. The first kappa shape index (κ1) is 17.9.